The Bertz CT molecular complexity index is 901. The predicted molar refractivity (Wildman–Crippen MR) is 109 cm³/mol. The van der Waals surface area contributed by atoms with Crippen molar-refractivity contribution in [2.24, 2.45) is 0 Å². The van der Waals surface area contributed by atoms with Crippen LogP contribution in [0.25, 0.3) is 11.1 Å². The monoisotopic (exact) mass is 357 g/mol. The Morgan fingerprint density at radius 2 is 1.59 bits per heavy atom. The molecule has 0 aliphatic rings. The lowest BCUT2D eigenvalue weighted by Gasteiger charge is -2.18. The van der Waals surface area contributed by atoms with Gasteiger partial charge in [0, 0.05) is 25.6 Å². The van der Waals surface area contributed by atoms with Crippen molar-refractivity contribution in [1.82, 2.24) is 4.90 Å². The molecule has 3 aromatic carbocycles. The van der Waals surface area contributed by atoms with Crippen LogP contribution in [0.15, 0.2) is 78.9 Å². The first-order valence-electron chi connectivity index (χ1n) is 9.10. The lowest BCUT2D eigenvalue weighted by Crippen LogP contribution is -2.26. The van der Waals surface area contributed by atoms with E-state index < -0.39 is 0 Å². The van der Waals surface area contributed by atoms with Crippen LogP contribution >= 0.6 is 0 Å². The highest BCUT2D eigenvalue weighted by Crippen LogP contribution is 2.22. The van der Waals surface area contributed by atoms with E-state index in [1.165, 1.54) is 0 Å². The summed E-state index contributed by atoms with van der Waals surface area (Å²) in [6.45, 7) is 0.555. The minimum atomic E-state index is 0.0144. The van der Waals surface area contributed by atoms with E-state index in [2.05, 4.69) is 36.4 Å². The van der Waals surface area contributed by atoms with Crippen molar-refractivity contribution in [2.45, 2.75) is 19.4 Å². The van der Waals surface area contributed by atoms with Gasteiger partial charge in [-0.1, -0.05) is 60.7 Å². The number of hydrogen-bond acceptors (Lipinski definition) is 2. The fourth-order valence-electron chi connectivity index (χ4n) is 3.09. The minimum Gasteiger partial charge on any atom is -0.337 e. The predicted octanol–water partition coefficient (Wildman–Crippen LogP) is 4.76. The van der Waals surface area contributed by atoms with Gasteiger partial charge in [-0.2, -0.15) is 0 Å². The van der Waals surface area contributed by atoms with Gasteiger partial charge in [-0.15, -0.1) is 0 Å². The van der Waals surface area contributed by atoms with Crippen LogP contribution < -0.4 is 0 Å². The molecule has 0 N–H and O–H groups in total. The van der Waals surface area contributed by atoms with E-state index in [1.807, 2.05) is 49.5 Å². The van der Waals surface area contributed by atoms with Gasteiger partial charge in [0.1, 0.15) is 6.29 Å². The number of nitrogens with zero attached hydrogens (tertiary/aromatic N) is 1. The number of amides is 1. The van der Waals surface area contributed by atoms with Crippen LogP contribution in [0.4, 0.5) is 0 Å². The lowest BCUT2D eigenvalue weighted by molar-refractivity contribution is -0.107. The quantitative estimate of drug-likeness (QED) is 0.572. The third-order valence-electron chi connectivity index (χ3n) is 4.55. The molecule has 0 bridgehead atoms. The number of carbonyl (C=O) groups excluding carboxylic acids is 2. The maximum absolute atomic E-state index is 12.5. The Morgan fingerprint density at radius 3 is 2.30 bits per heavy atom. The molecule has 3 nitrogen and oxygen atoms in total. The van der Waals surface area contributed by atoms with Gasteiger partial charge < -0.3 is 9.69 Å². The number of benzene rings is 3. The summed E-state index contributed by atoms with van der Waals surface area (Å²) in [6, 6.07) is 25.9. The molecular weight excluding hydrogens is 334 g/mol. The molecule has 3 aromatic rings. The Hall–Kier alpha value is -3.20. The summed E-state index contributed by atoms with van der Waals surface area (Å²) in [7, 11) is 1.82. The number of hydrogen-bond donors (Lipinski definition) is 0. The summed E-state index contributed by atoms with van der Waals surface area (Å²) in [4.78, 5) is 24.8. The van der Waals surface area contributed by atoms with Crippen molar-refractivity contribution in [3.8, 4) is 11.1 Å². The second-order valence-corrected chi connectivity index (χ2v) is 6.63. The van der Waals surface area contributed by atoms with E-state index in [0.717, 1.165) is 35.0 Å². The first-order chi connectivity index (χ1) is 13.2. The van der Waals surface area contributed by atoms with E-state index >= 15 is 0 Å². The van der Waals surface area contributed by atoms with E-state index in [0.29, 0.717) is 18.5 Å². The maximum atomic E-state index is 12.5. The average Bonchev–Trinajstić information content (AvgIpc) is 2.73. The molecule has 3 rings (SSSR count). The minimum absolute atomic E-state index is 0.0144. The zero-order valence-electron chi connectivity index (χ0n) is 15.5. The third kappa shape index (κ3) is 4.91. The molecule has 0 fully saturated rings. The first kappa shape index (κ1) is 18.6. The smallest absolute Gasteiger partial charge is 0.253 e. The van der Waals surface area contributed by atoms with Crippen LogP contribution in [0.3, 0.4) is 0 Å². The molecule has 0 aromatic heterocycles. The normalized spacial score (nSPS) is 10.4. The molecule has 0 saturated heterocycles. The topological polar surface area (TPSA) is 37.4 Å². The van der Waals surface area contributed by atoms with Crippen molar-refractivity contribution in [3.63, 3.8) is 0 Å². The van der Waals surface area contributed by atoms with E-state index in [-0.39, 0.29) is 5.91 Å². The van der Waals surface area contributed by atoms with Crippen LogP contribution in [0.1, 0.15) is 27.9 Å². The van der Waals surface area contributed by atoms with Gasteiger partial charge in [0.15, 0.2) is 0 Å². The molecule has 0 radical (unpaired) electrons. The summed E-state index contributed by atoms with van der Waals surface area (Å²) >= 11 is 0. The number of carbonyl (C=O) groups is 2. The molecule has 27 heavy (non-hydrogen) atoms. The molecule has 0 heterocycles. The number of rotatable bonds is 7. The molecule has 3 heteroatoms. The largest absolute Gasteiger partial charge is 0.337 e. The number of aldehydes is 1. The second kappa shape index (κ2) is 8.95. The van der Waals surface area contributed by atoms with Crippen molar-refractivity contribution in [3.05, 3.63) is 95.6 Å². The standard InChI is InChI=1S/C24H23NO2/c1-25(24(27)22-9-3-2-4-10-22)18-20-7-5-11-23(17-20)21-14-12-19(13-15-21)8-6-16-26/h2-5,7,9-17H,6,8,18H2,1H3. The van der Waals surface area contributed by atoms with Crippen molar-refractivity contribution < 1.29 is 9.59 Å². The van der Waals surface area contributed by atoms with Gasteiger partial charge in [-0.25, -0.2) is 0 Å². The van der Waals surface area contributed by atoms with Crippen LogP contribution in [0.2, 0.25) is 0 Å². The SMILES string of the molecule is CN(Cc1cccc(-c2ccc(CCC=O)cc2)c1)C(=O)c1ccccc1. The van der Waals surface area contributed by atoms with Gasteiger partial charge in [0.25, 0.3) is 5.91 Å². The van der Waals surface area contributed by atoms with Gasteiger partial charge in [-0.05, 0) is 46.9 Å². The molecule has 0 atom stereocenters. The number of aryl methyl sites for hydroxylation is 1. The van der Waals surface area contributed by atoms with E-state index in [9.17, 15) is 9.59 Å². The molecule has 136 valence electrons. The van der Waals surface area contributed by atoms with Crippen LogP contribution in [0, 0.1) is 0 Å². The average molecular weight is 357 g/mol. The van der Waals surface area contributed by atoms with Gasteiger partial charge in [0.05, 0.1) is 0 Å². The Kier molecular flexibility index (Phi) is 6.16. The first-order valence-corrected chi connectivity index (χ1v) is 9.10. The molecular formula is C24H23NO2. The fraction of sp³-hybridized carbons (Fsp3) is 0.167. The van der Waals surface area contributed by atoms with Crippen molar-refractivity contribution in [1.29, 1.82) is 0 Å². The molecule has 1 amide bonds. The highest BCUT2D eigenvalue weighted by Gasteiger charge is 2.11. The zero-order valence-corrected chi connectivity index (χ0v) is 15.5. The molecule has 0 saturated carbocycles. The van der Waals surface area contributed by atoms with Crippen molar-refractivity contribution >= 4 is 12.2 Å². The summed E-state index contributed by atoms with van der Waals surface area (Å²) in [5.74, 6) is 0.0144. The van der Waals surface area contributed by atoms with Crippen LogP contribution in [0.5, 0.6) is 0 Å². The third-order valence-corrected chi connectivity index (χ3v) is 4.55. The zero-order chi connectivity index (χ0) is 19.1. The lowest BCUT2D eigenvalue weighted by atomic mass is 10.0. The fourth-order valence-corrected chi connectivity index (χ4v) is 3.09. The van der Waals surface area contributed by atoms with Crippen LogP contribution in [-0.2, 0) is 17.8 Å². The van der Waals surface area contributed by atoms with E-state index in [1.54, 1.807) is 4.90 Å². The summed E-state index contributed by atoms with van der Waals surface area (Å²) in [5.41, 5.74) is 5.19. The van der Waals surface area contributed by atoms with E-state index in [4.69, 9.17) is 0 Å². The Morgan fingerprint density at radius 1 is 0.852 bits per heavy atom. The summed E-state index contributed by atoms with van der Waals surface area (Å²) in [6.07, 6.45) is 2.28. The van der Waals surface area contributed by atoms with Gasteiger partial charge in [-0.3, -0.25) is 4.79 Å². The Balaban J connectivity index is 1.71. The summed E-state index contributed by atoms with van der Waals surface area (Å²) < 4.78 is 0. The Labute approximate surface area is 160 Å². The second-order valence-electron chi connectivity index (χ2n) is 6.63. The molecule has 0 aliphatic heterocycles. The van der Waals surface area contributed by atoms with Gasteiger partial charge in [0.2, 0.25) is 0 Å². The van der Waals surface area contributed by atoms with Crippen LogP contribution in [-0.4, -0.2) is 24.1 Å². The van der Waals surface area contributed by atoms with Gasteiger partial charge >= 0.3 is 0 Å². The highest BCUT2D eigenvalue weighted by molar-refractivity contribution is 5.93. The molecule has 0 unspecified atom stereocenters. The summed E-state index contributed by atoms with van der Waals surface area (Å²) in [5, 5.41) is 0. The van der Waals surface area contributed by atoms with Crippen molar-refractivity contribution in [2.75, 3.05) is 7.05 Å². The molecule has 0 aliphatic carbocycles. The maximum Gasteiger partial charge on any atom is 0.253 e. The molecule has 0 spiro atoms. The highest BCUT2D eigenvalue weighted by atomic mass is 16.2.